The predicted molar refractivity (Wildman–Crippen MR) is 115 cm³/mol. The van der Waals surface area contributed by atoms with Gasteiger partial charge < -0.3 is 14.2 Å². The molecule has 0 bridgehead atoms. The molecule has 2 unspecified atom stereocenters. The number of aryl methyl sites for hydroxylation is 1. The molecule has 0 spiro atoms. The van der Waals surface area contributed by atoms with Crippen LogP contribution < -0.4 is 0 Å². The maximum atomic E-state index is 11.5. The average molecular weight is 410 g/mol. The van der Waals surface area contributed by atoms with E-state index in [1.54, 1.807) is 18.4 Å². The average Bonchev–Trinajstić information content (AvgIpc) is 3.13. The summed E-state index contributed by atoms with van der Waals surface area (Å²) in [6.45, 7) is 6.49. The second kappa shape index (κ2) is 13.5. The van der Waals surface area contributed by atoms with Crippen molar-refractivity contribution in [3.63, 3.8) is 0 Å². The van der Waals surface area contributed by atoms with Crippen LogP contribution in [0.1, 0.15) is 57.2 Å². The van der Waals surface area contributed by atoms with Gasteiger partial charge in [0.05, 0.1) is 37.1 Å². The van der Waals surface area contributed by atoms with Crippen LogP contribution in [-0.4, -0.2) is 38.4 Å². The fraction of sp³-hybridized carbons (Fsp3) is 0.636. The molecule has 5 nitrogen and oxygen atoms in total. The molecule has 1 heterocycles. The summed E-state index contributed by atoms with van der Waals surface area (Å²) in [7, 11) is 4.52. The Morgan fingerprint density at radius 3 is 2.50 bits per heavy atom. The first kappa shape index (κ1) is 24.4. The normalized spacial score (nSPS) is 14.5. The third-order valence-electron chi connectivity index (χ3n) is 4.61. The van der Waals surface area contributed by atoms with Crippen molar-refractivity contribution in [1.82, 2.24) is 4.98 Å². The quantitative estimate of drug-likeness (QED) is 0.192. The zero-order valence-electron chi connectivity index (χ0n) is 18.1. The molecular formula is C22H35NO4S. The Labute approximate surface area is 173 Å². The highest BCUT2D eigenvalue weighted by Gasteiger charge is 2.20. The molecular weight excluding hydrogens is 374 g/mol. The first-order valence-corrected chi connectivity index (χ1v) is 10.8. The van der Waals surface area contributed by atoms with Crippen LogP contribution in [0.3, 0.4) is 0 Å². The number of nitrogens with zero attached hydrogens (tertiary/aromatic N) is 1. The van der Waals surface area contributed by atoms with Crippen LogP contribution in [0.15, 0.2) is 23.3 Å². The molecule has 1 aromatic heterocycles. The number of aromatic nitrogens is 1. The molecule has 0 amide bonds. The van der Waals surface area contributed by atoms with E-state index in [1.807, 2.05) is 19.1 Å². The summed E-state index contributed by atoms with van der Waals surface area (Å²) in [6.07, 6.45) is 11.1. The maximum Gasteiger partial charge on any atom is 0.333 e. The number of carbonyl (C=O) groups is 1. The summed E-state index contributed by atoms with van der Waals surface area (Å²) < 4.78 is 15.6. The molecule has 0 aliphatic rings. The van der Waals surface area contributed by atoms with Gasteiger partial charge in [-0.25, -0.2) is 9.78 Å². The monoisotopic (exact) mass is 409 g/mol. The molecule has 0 saturated carbocycles. The molecule has 0 N–H and O–H groups in total. The Kier molecular flexibility index (Phi) is 11.8. The molecule has 0 aliphatic heterocycles. The van der Waals surface area contributed by atoms with Gasteiger partial charge >= 0.3 is 5.97 Å². The van der Waals surface area contributed by atoms with E-state index in [9.17, 15) is 4.79 Å². The van der Waals surface area contributed by atoms with Gasteiger partial charge in [0.2, 0.25) is 0 Å². The van der Waals surface area contributed by atoms with Gasteiger partial charge in [-0.15, -0.1) is 11.3 Å². The molecule has 158 valence electrons. The van der Waals surface area contributed by atoms with Gasteiger partial charge in [0.1, 0.15) is 5.76 Å². The molecule has 2 atom stereocenters. The van der Waals surface area contributed by atoms with Gasteiger partial charge in [-0.05, 0) is 24.8 Å². The maximum absolute atomic E-state index is 11.5. The number of thiazole rings is 1. The van der Waals surface area contributed by atoms with E-state index in [-0.39, 0.29) is 12.0 Å². The number of ether oxygens (including phenoxy) is 3. The van der Waals surface area contributed by atoms with Crippen molar-refractivity contribution in [2.45, 2.75) is 59.0 Å². The molecule has 1 rings (SSSR count). The van der Waals surface area contributed by atoms with E-state index in [0.717, 1.165) is 18.0 Å². The summed E-state index contributed by atoms with van der Waals surface area (Å²) in [6, 6.07) is 0. The fourth-order valence-electron chi connectivity index (χ4n) is 2.88. The van der Waals surface area contributed by atoms with Crippen molar-refractivity contribution in [3.05, 3.63) is 34.0 Å². The Morgan fingerprint density at radius 1 is 1.14 bits per heavy atom. The highest BCUT2D eigenvalue weighted by molar-refractivity contribution is 7.09. The van der Waals surface area contributed by atoms with E-state index in [2.05, 4.69) is 24.0 Å². The number of esters is 1. The summed E-state index contributed by atoms with van der Waals surface area (Å²) in [5.74, 6) is 0.724. The Morgan fingerprint density at radius 2 is 1.89 bits per heavy atom. The lowest BCUT2D eigenvalue weighted by molar-refractivity contribution is -0.135. The van der Waals surface area contributed by atoms with Crippen LogP contribution >= 0.6 is 11.3 Å². The number of rotatable bonds is 13. The predicted octanol–water partition coefficient (Wildman–Crippen LogP) is 5.27. The second-order valence-electron chi connectivity index (χ2n) is 7.28. The largest absolute Gasteiger partial charge is 0.500 e. The van der Waals surface area contributed by atoms with Crippen molar-refractivity contribution in [3.8, 4) is 0 Å². The first-order chi connectivity index (χ1) is 13.4. The Balaban J connectivity index is 2.61. The summed E-state index contributed by atoms with van der Waals surface area (Å²) in [5.41, 5.74) is 0.937. The number of methoxy groups -OCH3 is 3. The first-order valence-electron chi connectivity index (χ1n) is 9.90. The molecule has 6 heteroatoms. The lowest BCUT2D eigenvalue weighted by Gasteiger charge is -2.21. The van der Waals surface area contributed by atoms with Crippen molar-refractivity contribution >= 4 is 23.4 Å². The van der Waals surface area contributed by atoms with E-state index < -0.39 is 5.97 Å². The van der Waals surface area contributed by atoms with Crippen LogP contribution in [0.2, 0.25) is 0 Å². The third-order valence-corrected chi connectivity index (χ3v) is 5.54. The van der Waals surface area contributed by atoms with Gasteiger partial charge in [-0.3, -0.25) is 0 Å². The zero-order chi connectivity index (χ0) is 20.9. The minimum absolute atomic E-state index is 0.135. The molecule has 0 radical (unpaired) electrons. The zero-order valence-corrected chi connectivity index (χ0v) is 18.9. The van der Waals surface area contributed by atoms with E-state index >= 15 is 0 Å². The smallest absolute Gasteiger partial charge is 0.333 e. The van der Waals surface area contributed by atoms with E-state index in [4.69, 9.17) is 14.5 Å². The standard InChI is InChI=1S/C22H35NO4S/c1-16(2)10-8-7-9-11-21-23-18(15-28-21)12-13-19(25-4)17(3)20(26-5)14-22(24)27-6/h12-17,19H,7-11H2,1-6H3. The highest BCUT2D eigenvalue weighted by Crippen LogP contribution is 2.21. The summed E-state index contributed by atoms with van der Waals surface area (Å²) in [4.78, 5) is 16.2. The van der Waals surface area contributed by atoms with Crippen LogP contribution in [0.5, 0.6) is 0 Å². The topological polar surface area (TPSA) is 57.7 Å². The molecule has 28 heavy (non-hydrogen) atoms. The van der Waals surface area contributed by atoms with Crippen LogP contribution in [0.25, 0.3) is 6.08 Å². The number of unbranched alkanes of at least 4 members (excludes halogenated alkanes) is 2. The van der Waals surface area contributed by atoms with Gasteiger partial charge in [-0.2, -0.15) is 0 Å². The van der Waals surface area contributed by atoms with Crippen molar-refractivity contribution in [1.29, 1.82) is 0 Å². The number of carbonyl (C=O) groups excluding carboxylic acids is 1. The number of hydrogen-bond acceptors (Lipinski definition) is 6. The summed E-state index contributed by atoms with van der Waals surface area (Å²) >= 11 is 1.70. The second-order valence-corrected chi connectivity index (χ2v) is 8.22. The van der Waals surface area contributed by atoms with Crippen molar-refractivity contribution in [2.75, 3.05) is 21.3 Å². The minimum Gasteiger partial charge on any atom is -0.500 e. The van der Waals surface area contributed by atoms with Crippen LogP contribution in [-0.2, 0) is 25.4 Å². The van der Waals surface area contributed by atoms with E-state index in [0.29, 0.717) is 5.76 Å². The number of hydrogen-bond donors (Lipinski definition) is 0. The molecule has 0 aliphatic carbocycles. The Bertz CT molecular complexity index is 636. The van der Waals surface area contributed by atoms with Crippen LogP contribution in [0.4, 0.5) is 0 Å². The molecule has 1 aromatic rings. The summed E-state index contributed by atoms with van der Waals surface area (Å²) in [5, 5.41) is 3.24. The van der Waals surface area contributed by atoms with Crippen molar-refractivity contribution < 1.29 is 19.0 Å². The van der Waals surface area contributed by atoms with E-state index in [1.165, 1.54) is 51.0 Å². The van der Waals surface area contributed by atoms with Gasteiger partial charge in [0.25, 0.3) is 0 Å². The van der Waals surface area contributed by atoms with Gasteiger partial charge in [0, 0.05) is 18.4 Å². The van der Waals surface area contributed by atoms with Gasteiger partial charge in [0.15, 0.2) is 0 Å². The fourth-order valence-corrected chi connectivity index (χ4v) is 3.69. The lowest BCUT2D eigenvalue weighted by atomic mass is 10.0. The van der Waals surface area contributed by atoms with Crippen molar-refractivity contribution in [2.24, 2.45) is 11.8 Å². The SMILES string of the molecule is COC(=O)C=C(OC)C(C)C(C=Cc1csc(CCCCCC(C)C)n1)OC. The van der Waals surface area contributed by atoms with Crippen LogP contribution in [0, 0.1) is 11.8 Å². The Hall–Kier alpha value is -1.66. The molecule has 0 saturated heterocycles. The third kappa shape index (κ3) is 9.02. The molecule has 0 aromatic carbocycles. The molecule has 0 fully saturated rings. The van der Waals surface area contributed by atoms with Gasteiger partial charge in [-0.1, -0.05) is 46.1 Å². The highest BCUT2D eigenvalue weighted by atomic mass is 32.1. The lowest BCUT2D eigenvalue weighted by Crippen LogP contribution is -2.21. The minimum atomic E-state index is -0.444.